The molecule has 0 N–H and O–H groups in total. The van der Waals surface area contributed by atoms with E-state index in [0.29, 0.717) is 23.8 Å². The van der Waals surface area contributed by atoms with Gasteiger partial charge in [0.2, 0.25) is 17.6 Å². The summed E-state index contributed by atoms with van der Waals surface area (Å²) in [6.45, 7) is 3.49. The molecule has 1 aliphatic carbocycles. The average molecular weight is 448 g/mol. The van der Waals surface area contributed by atoms with Crippen molar-refractivity contribution in [2.24, 2.45) is 5.92 Å². The lowest BCUT2D eigenvalue weighted by Crippen LogP contribution is -2.44. The van der Waals surface area contributed by atoms with Gasteiger partial charge in [-0.15, -0.1) is 0 Å². The van der Waals surface area contributed by atoms with Gasteiger partial charge in [0.05, 0.1) is 5.92 Å². The number of halogens is 1. The molecule has 6 heteroatoms. The monoisotopic (exact) mass is 447 g/mol. The lowest BCUT2D eigenvalue weighted by molar-refractivity contribution is -0.137. The van der Waals surface area contributed by atoms with E-state index >= 15 is 0 Å². The van der Waals surface area contributed by atoms with Crippen molar-refractivity contribution < 1.29 is 13.7 Å². The van der Waals surface area contributed by atoms with Crippen LogP contribution in [-0.2, 0) is 11.2 Å². The van der Waals surface area contributed by atoms with Crippen LogP contribution < -0.4 is 0 Å². The lowest BCUT2D eigenvalue weighted by atomic mass is 9.83. The number of hydrogen-bond acceptors (Lipinski definition) is 4. The molecule has 33 heavy (non-hydrogen) atoms. The second-order valence-corrected chi connectivity index (χ2v) is 9.41. The molecule has 3 aromatic rings. The Kier molecular flexibility index (Phi) is 6.25. The summed E-state index contributed by atoms with van der Waals surface area (Å²) >= 11 is 0. The van der Waals surface area contributed by atoms with E-state index in [9.17, 15) is 9.18 Å². The van der Waals surface area contributed by atoms with E-state index in [1.807, 2.05) is 4.90 Å². The summed E-state index contributed by atoms with van der Waals surface area (Å²) in [5, 5.41) is 4.15. The molecule has 2 aliphatic rings. The third-order valence-corrected chi connectivity index (χ3v) is 7.22. The molecule has 2 unspecified atom stereocenters. The second-order valence-electron chi connectivity index (χ2n) is 9.41. The van der Waals surface area contributed by atoms with Crippen molar-refractivity contribution in [2.45, 2.75) is 57.3 Å². The minimum Gasteiger partial charge on any atom is -0.341 e. The minimum absolute atomic E-state index is 0.0262. The molecule has 0 bridgehead atoms. The molecule has 1 aliphatic heterocycles. The Balaban J connectivity index is 1.41. The van der Waals surface area contributed by atoms with Gasteiger partial charge in [-0.25, -0.2) is 4.39 Å². The van der Waals surface area contributed by atoms with Crippen LogP contribution in [0.3, 0.4) is 0 Å². The third-order valence-electron chi connectivity index (χ3n) is 7.22. The van der Waals surface area contributed by atoms with Crippen molar-refractivity contribution in [1.29, 1.82) is 0 Å². The Labute approximate surface area is 194 Å². The zero-order chi connectivity index (χ0) is 22.8. The Morgan fingerprint density at radius 2 is 1.73 bits per heavy atom. The topological polar surface area (TPSA) is 59.2 Å². The van der Waals surface area contributed by atoms with E-state index in [0.717, 1.165) is 45.1 Å². The first-order valence-corrected chi connectivity index (χ1v) is 12.1. The van der Waals surface area contributed by atoms with E-state index in [4.69, 9.17) is 4.52 Å². The zero-order valence-electron chi connectivity index (χ0n) is 19.0. The van der Waals surface area contributed by atoms with Crippen LogP contribution in [-0.4, -0.2) is 34.0 Å². The highest BCUT2D eigenvalue weighted by Crippen LogP contribution is 2.38. The molecule has 5 nitrogen and oxygen atoms in total. The Morgan fingerprint density at radius 1 is 1.03 bits per heavy atom. The van der Waals surface area contributed by atoms with Crippen molar-refractivity contribution in [3.63, 3.8) is 0 Å². The van der Waals surface area contributed by atoms with Crippen LogP contribution >= 0.6 is 0 Å². The van der Waals surface area contributed by atoms with Gasteiger partial charge < -0.3 is 9.42 Å². The van der Waals surface area contributed by atoms with Gasteiger partial charge in [0.15, 0.2) is 0 Å². The molecule has 172 valence electrons. The number of amides is 1. The Bertz CT molecular complexity index is 1090. The SMILES string of the molecule is CCc1ccc(C2CC(c3nc(-c4ccc(F)cc4)no3)CN(C(=O)C3CCCC3)C2)cc1. The number of aryl methyl sites for hydroxylation is 1. The second kappa shape index (κ2) is 9.46. The molecule has 1 saturated heterocycles. The standard InChI is InChI=1S/C27H30FN3O2/c1-2-18-7-9-19(10-8-18)22-15-23(17-31(16-22)27(32)21-5-3-4-6-21)26-29-25(30-33-26)20-11-13-24(28)14-12-20/h7-14,21-23H,2-6,15-17H2,1H3. The maximum atomic E-state index is 13.3. The zero-order valence-corrected chi connectivity index (χ0v) is 19.0. The number of aromatic nitrogens is 2. The summed E-state index contributed by atoms with van der Waals surface area (Å²) in [5.41, 5.74) is 3.28. The first-order valence-electron chi connectivity index (χ1n) is 12.1. The Hall–Kier alpha value is -3.02. The number of benzene rings is 2. The van der Waals surface area contributed by atoms with Crippen LogP contribution in [0, 0.1) is 11.7 Å². The fourth-order valence-corrected chi connectivity index (χ4v) is 5.27. The molecule has 0 spiro atoms. The van der Waals surface area contributed by atoms with Crippen LogP contribution in [0.5, 0.6) is 0 Å². The van der Waals surface area contributed by atoms with E-state index in [1.165, 1.54) is 23.3 Å². The highest BCUT2D eigenvalue weighted by molar-refractivity contribution is 5.79. The molecular weight excluding hydrogens is 417 g/mol. The molecule has 1 aromatic heterocycles. The van der Waals surface area contributed by atoms with Crippen LogP contribution in [0.15, 0.2) is 53.1 Å². The van der Waals surface area contributed by atoms with Crippen LogP contribution in [0.4, 0.5) is 4.39 Å². The highest BCUT2D eigenvalue weighted by Gasteiger charge is 2.37. The molecule has 0 radical (unpaired) electrons. The predicted octanol–water partition coefficient (Wildman–Crippen LogP) is 5.73. The fourth-order valence-electron chi connectivity index (χ4n) is 5.27. The van der Waals surface area contributed by atoms with Gasteiger partial charge in [-0.3, -0.25) is 4.79 Å². The van der Waals surface area contributed by atoms with Gasteiger partial charge in [-0.1, -0.05) is 49.2 Å². The van der Waals surface area contributed by atoms with Gasteiger partial charge in [-0.05, 0) is 61.1 Å². The molecule has 2 atom stereocenters. The number of piperidine rings is 1. The van der Waals surface area contributed by atoms with E-state index in [1.54, 1.807) is 12.1 Å². The molecule has 5 rings (SSSR count). The number of likely N-dealkylation sites (tertiary alicyclic amines) is 1. The van der Waals surface area contributed by atoms with Crippen molar-refractivity contribution in [2.75, 3.05) is 13.1 Å². The Morgan fingerprint density at radius 3 is 2.42 bits per heavy atom. The molecule has 2 aromatic carbocycles. The largest absolute Gasteiger partial charge is 0.341 e. The quantitative estimate of drug-likeness (QED) is 0.501. The molecule has 1 amide bonds. The molecular formula is C27H30FN3O2. The molecule has 2 heterocycles. The highest BCUT2D eigenvalue weighted by atomic mass is 19.1. The van der Waals surface area contributed by atoms with Gasteiger partial charge in [-0.2, -0.15) is 4.98 Å². The fraction of sp³-hybridized carbons (Fsp3) is 0.444. The lowest BCUT2D eigenvalue weighted by Gasteiger charge is -2.38. The first kappa shape index (κ1) is 21.8. The first-order chi connectivity index (χ1) is 16.1. The number of nitrogens with zero attached hydrogens (tertiary/aromatic N) is 3. The van der Waals surface area contributed by atoms with Crippen LogP contribution in [0.2, 0.25) is 0 Å². The average Bonchev–Trinajstić information content (AvgIpc) is 3.57. The van der Waals surface area contributed by atoms with Crippen molar-refractivity contribution in [1.82, 2.24) is 15.0 Å². The maximum absolute atomic E-state index is 13.3. The smallest absolute Gasteiger partial charge is 0.231 e. The third kappa shape index (κ3) is 4.70. The number of hydrogen-bond donors (Lipinski definition) is 0. The van der Waals surface area contributed by atoms with Crippen molar-refractivity contribution in [3.8, 4) is 11.4 Å². The van der Waals surface area contributed by atoms with E-state index < -0.39 is 0 Å². The van der Waals surface area contributed by atoms with Crippen LogP contribution in [0.1, 0.15) is 67.9 Å². The van der Waals surface area contributed by atoms with Gasteiger partial charge >= 0.3 is 0 Å². The number of carbonyl (C=O) groups is 1. The van der Waals surface area contributed by atoms with E-state index in [2.05, 4.69) is 41.3 Å². The summed E-state index contributed by atoms with van der Waals surface area (Å²) in [5.74, 6) is 1.31. The van der Waals surface area contributed by atoms with Gasteiger partial charge in [0.1, 0.15) is 5.82 Å². The number of carbonyl (C=O) groups excluding carboxylic acids is 1. The minimum atomic E-state index is -0.298. The summed E-state index contributed by atoms with van der Waals surface area (Å²) in [6.07, 6.45) is 6.12. The van der Waals surface area contributed by atoms with Crippen LogP contribution in [0.25, 0.3) is 11.4 Å². The summed E-state index contributed by atoms with van der Waals surface area (Å²) in [4.78, 5) is 20.0. The molecule has 2 fully saturated rings. The van der Waals surface area contributed by atoms with Crippen molar-refractivity contribution in [3.05, 3.63) is 71.4 Å². The van der Waals surface area contributed by atoms with E-state index in [-0.39, 0.29) is 29.5 Å². The summed E-state index contributed by atoms with van der Waals surface area (Å²) in [6, 6.07) is 14.8. The summed E-state index contributed by atoms with van der Waals surface area (Å²) < 4.78 is 19.0. The normalized spacial score (nSPS) is 21.5. The predicted molar refractivity (Wildman–Crippen MR) is 124 cm³/mol. The molecule has 1 saturated carbocycles. The maximum Gasteiger partial charge on any atom is 0.231 e. The van der Waals surface area contributed by atoms with Gasteiger partial charge in [0.25, 0.3) is 0 Å². The van der Waals surface area contributed by atoms with Crippen molar-refractivity contribution >= 4 is 5.91 Å². The summed E-state index contributed by atoms with van der Waals surface area (Å²) in [7, 11) is 0. The van der Waals surface area contributed by atoms with Gasteiger partial charge in [0, 0.05) is 30.5 Å². The number of rotatable bonds is 5.